The largest absolute Gasteiger partial charge is 0.381 e. The molecule has 1 heterocycles. The Morgan fingerprint density at radius 2 is 2.25 bits per heavy atom. The van der Waals surface area contributed by atoms with Crippen LogP contribution in [0.15, 0.2) is 15.5 Å². The van der Waals surface area contributed by atoms with Crippen LogP contribution in [0.1, 0.15) is 39.7 Å². The summed E-state index contributed by atoms with van der Waals surface area (Å²) >= 11 is 3.38. The summed E-state index contributed by atoms with van der Waals surface area (Å²) in [6.45, 7) is 9.00. The van der Waals surface area contributed by atoms with Crippen molar-refractivity contribution in [3.05, 3.63) is 21.0 Å². The Morgan fingerprint density at radius 1 is 1.55 bits per heavy atom. The normalized spacial score (nSPS) is 15.1. The average molecular weight is 343 g/mol. The van der Waals surface area contributed by atoms with Crippen LogP contribution < -0.4 is 10.9 Å². The molecule has 0 spiro atoms. The van der Waals surface area contributed by atoms with Gasteiger partial charge in [-0.15, -0.1) is 0 Å². The molecule has 1 aliphatic rings. The van der Waals surface area contributed by atoms with E-state index in [4.69, 9.17) is 0 Å². The van der Waals surface area contributed by atoms with Gasteiger partial charge in [-0.25, -0.2) is 4.68 Å². The van der Waals surface area contributed by atoms with E-state index in [9.17, 15) is 4.79 Å². The average Bonchev–Trinajstić information content (AvgIpc) is 3.23. The van der Waals surface area contributed by atoms with E-state index in [-0.39, 0.29) is 11.6 Å². The van der Waals surface area contributed by atoms with E-state index in [1.165, 1.54) is 17.5 Å². The highest BCUT2D eigenvalue weighted by atomic mass is 79.9. The summed E-state index contributed by atoms with van der Waals surface area (Å²) in [4.78, 5) is 14.6. The molecule has 6 heteroatoms. The third-order valence-corrected chi connectivity index (χ3v) is 4.38. The fourth-order valence-corrected chi connectivity index (χ4v) is 2.73. The minimum Gasteiger partial charge on any atom is -0.381 e. The number of rotatable bonds is 7. The quantitative estimate of drug-likeness (QED) is 0.826. The van der Waals surface area contributed by atoms with Crippen LogP contribution in [0.5, 0.6) is 0 Å². The fraction of sp³-hybridized carbons (Fsp3) is 0.714. The first kappa shape index (κ1) is 15.5. The second-order valence-electron chi connectivity index (χ2n) is 5.50. The number of halogens is 1. The van der Waals surface area contributed by atoms with Crippen LogP contribution in [0.4, 0.5) is 5.69 Å². The van der Waals surface area contributed by atoms with Crippen LogP contribution in [0.25, 0.3) is 0 Å². The third-order valence-electron chi connectivity index (χ3n) is 3.62. The number of nitrogens with one attached hydrogen (secondary N) is 1. The molecule has 1 aromatic heterocycles. The lowest BCUT2D eigenvalue weighted by Crippen LogP contribution is -2.31. The van der Waals surface area contributed by atoms with Crippen molar-refractivity contribution in [2.75, 3.05) is 25.0 Å². The van der Waals surface area contributed by atoms with Gasteiger partial charge in [-0.2, -0.15) is 5.10 Å². The smallest absolute Gasteiger partial charge is 0.283 e. The van der Waals surface area contributed by atoms with Gasteiger partial charge >= 0.3 is 0 Å². The van der Waals surface area contributed by atoms with Gasteiger partial charge in [0.1, 0.15) is 4.47 Å². The van der Waals surface area contributed by atoms with Gasteiger partial charge < -0.3 is 5.32 Å². The van der Waals surface area contributed by atoms with Crippen LogP contribution in [-0.4, -0.2) is 40.4 Å². The summed E-state index contributed by atoms with van der Waals surface area (Å²) in [5.41, 5.74) is 0.693. The van der Waals surface area contributed by atoms with Crippen molar-refractivity contribution >= 4 is 21.6 Å². The summed E-state index contributed by atoms with van der Waals surface area (Å²) in [7, 11) is 0. The van der Waals surface area contributed by atoms with Gasteiger partial charge in [-0.05, 0) is 49.2 Å². The summed E-state index contributed by atoms with van der Waals surface area (Å²) in [5.74, 6) is 0. The van der Waals surface area contributed by atoms with Crippen molar-refractivity contribution < 1.29 is 0 Å². The molecule has 5 nitrogen and oxygen atoms in total. The molecule has 1 fully saturated rings. The van der Waals surface area contributed by atoms with Gasteiger partial charge in [0.2, 0.25) is 0 Å². The molecule has 1 saturated carbocycles. The van der Waals surface area contributed by atoms with Crippen molar-refractivity contribution in [2.24, 2.45) is 0 Å². The molecule has 112 valence electrons. The lowest BCUT2D eigenvalue weighted by molar-refractivity contribution is 0.289. The van der Waals surface area contributed by atoms with Crippen molar-refractivity contribution in [3.63, 3.8) is 0 Å². The number of aromatic nitrogens is 2. The maximum absolute atomic E-state index is 12.1. The molecule has 0 unspecified atom stereocenters. The van der Waals surface area contributed by atoms with Gasteiger partial charge in [-0.3, -0.25) is 9.69 Å². The first-order valence-corrected chi connectivity index (χ1v) is 8.09. The molecular formula is C14H23BrN4O. The maximum atomic E-state index is 12.1. The number of hydrogen-bond donors (Lipinski definition) is 1. The van der Waals surface area contributed by atoms with E-state index in [1.54, 1.807) is 6.20 Å². The number of nitrogens with zero attached hydrogens (tertiary/aromatic N) is 3. The molecule has 0 saturated heterocycles. The minimum atomic E-state index is -0.0838. The molecule has 1 aromatic rings. The molecule has 0 aromatic carbocycles. The molecule has 2 rings (SSSR count). The second kappa shape index (κ2) is 6.72. The van der Waals surface area contributed by atoms with E-state index in [1.807, 2.05) is 13.8 Å². The Bertz CT molecular complexity index is 510. The Morgan fingerprint density at radius 3 is 2.80 bits per heavy atom. The minimum absolute atomic E-state index is 0.0679. The van der Waals surface area contributed by atoms with Gasteiger partial charge in [-0.1, -0.05) is 6.92 Å². The van der Waals surface area contributed by atoms with E-state index >= 15 is 0 Å². The van der Waals surface area contributed by atoms with E-state index in [0.29, 0.717) is 4.47 Å². The number of anilines is 1. The monoisotopic (exact) mass is 342 g/mol. The molecule has 0 amide bonds. The number of hydrogen-bond acceptors (Lipinski definition) is 4. The van der Waals surface area contributed by atoms with Crippen LogP contribution in [-0.2, 0) is 0 Å². The first-order valence-electron chi connectivity index (χ1n) is 7.29. The Balaban J connectivity index is 1.96. The van der Waals surface area contributed by atoms with Gasteiger partial charge in [0.05, 0.1) is 17.9 Å². The third kappa shape index (κ3) is 3.61. The van der Waals surface area contributed by atoms with E-state index < -0.39 is 0 Å². The van der Waals surface area contributed by atoms with Crippen molar-refractivity contribution in [2.45, 2.75) is 45.7 Å². The van der Waals surface area contributed by atoms with Crippen LogP contribution >= 0.6 is 15.9 Å². The van der Waals surface area contributed by atoms with Crippen LogP contribution in [0, 0.1) is 0 Å². The SMILES string of the molecule is CCN(CCNc1cnn(C(C)C)c(=O)c1Br)C1CC1. The molecule has 20 heavy (non-hydrogen) atoms. The predicted molar refractivity (Wildman–Crippen MR) is 85.3 cm³/mol. The molecule has 1 N–H and O–H groups in total. The molecule has 0 atom stereocenters. The second-order valence-corrected chi connectivity index (χ2v) is 6.30. The summed E-state index contributed by atoms with van der Waals surface area (Å²) in [5, 5.41) is 7.50. The number of likely N-dealkylation sites (N-methyl/N-ethyl adjacent to an activating group) is 1. The maximum Gasteiger partial charge on any atom is 0.283 e. The predicted octanol–water partition coefficient (Wildman–Crippen LogP) is 2.48. The van der Waals surface area contributed by atoms with E-state index in [2.05, 4.69) is 38.2 Å². The molecule has 0 bridgehead atoms. The zero-order valence-corrected chi connectivity index (χ0v) is 14.0. The molecule has 1 aliphatic carbocycles. The van der Waals surface area contributed by atoms with Crippen molar-refractivity contribution in [3.8, 4) is 0 Å². The van der Waals surface area contributed by atoms with Gasteiger partial charge in [0.15, 0.2) is 0 Å². The van der Waals surface area contributed by atoms with Gasteiger partial charge in [0.25, 0.3) is 5.56 Å². The van der Waals surface area contributed by atoms with Crippen LogP contribution in [0.3, 0.4) is 0 Å². The highest BCUT2D eigenvalue weighted by molar-refractivity contribution is 9.10. The molecular weight excluding hydrogens is 320 g/mol. The zero-order valence-electron chi connectivity index (χ0n) is 12.4. The summed E-state index contributed by atoms with van der Waals surface area (Å²) in [6.07, 6.45) is 4.37. The summed E-state index contributed by atoms with van der Waals surface area (Å²) < 4.78 is 2.05. The fourth-order valence-electron chi connectivity index (χ4n) is 2.31. The highest BCUT2D eigenvalue weighted by Gasteiger charge is 2.27. The topological polar surface area (TPSA) is 50.2 Å². The first-order chi connectivity index (χ1) is 9.54. The Kier molecular flexibility index (Phi) is 5.21. The molecule has 0 aliphatic heterocycles. The lowest BCUT2D eigenvalue weighted by Gasteiger charge is -2.20. The zero-order chi connectivity index (χ0) is 14.7. The lowest BCUT2D eigenvalue weighted by atomic mass is 10.4. The van der Waals surface area contributed by atoms with Crippen molar-refractivity contribution in [1.29, 1.82) is 0 Å². The van der Waals surface area contributed by atoms with Crippen molar-refractivity contribution in [1.82, 2.24) is 14.7 Å². The highest BCUT2D eigenvalue weighted by Crippen LogP contribution is 2.26. The Hall–Kier alpha value is -0.880. The van der Waals surface area contributed by atoms with Crippen LogP contribution in [0.2, 0.25) is 0 Å². The Labute approximate surface area is 128 Å². The van der Waals surface area contributed by atoms with Gasteiger partial charge in [0, 0.05) is 19.1 Å². The standard InChI is InChI=1S/C14H23BrN4O/c1-4-18(11-5-6-11)8-7-16-12-9-17-19(10(2)3)14(20)13(12)15/h9-11,16H,4-8H2,1-3H3. The molecule has 0 radical (unpaired) electrons. The summed E-state index contributed by atoms with van der Waals surface area (Å²) in [6, 6.07) is 0.843. The van der Waals surface area contributed by atoms with E-state index in [0.717, 1.165) is 31.4 Å².